The van der Waals surface area contributed by atoms with Gasteiger partial charge in [-0.25, -0.2) is 9.78 Å². The SMILES string of the molecule is COc1ccc(C)nc1N1CCC2(CC1)OCCc1sc(C(=O)O)cc12. The number of aromatic nitrogens is 1. The summed E-state index contributed by atoms with van der Waals surface area (Å²) in [7, 11) is 1.66. The van der Waals surface area contributed by atoms with Gasteiger partial charge in [0.2, 0.25) is 0 Å². The number of carbonyl (C=O) groups is 1. The van der Waals surface area contributed by atoms with Crippen LogP contribution in [0, 0.1) is 6.92 Å². The van der Waals surface area contributed by atoms with Gasteiger partial charge in [0.1, 0.15) is 4.88 Å². The molecule has 0 radical (unpaired) electrons. The van der Waals surface area contributed by atoms with Crippen LogP contribution in [0.1, 0.15) is 38.6 Å². The molecule has 0 atom stereocenters. The Morgan fingerprint density at radius 3 is 2.85 bits per heavy atom. The molecule has 1 N–H and O–H groups in total. The lowest BCUT2D eigenvalue weighted by atomic mass is 9.82. The molecule has 2 aromatic rings. The molecular formula is C19H22N2O4S. The van der Waals surface area contributed by atoms with Crippen molar-refractivity contribution in [3.05, 3.63) is 39.2 Å². The van der Waals surface area contributed by atoms with E-state index in [9.17, 15) is 9.90 Å². The van der Waals surface area contributed by atoms with Crippen LogP contribution < -0.4 is 9.64 Å². The monoisotopic (exact) mass is 374 g/mol. The van der Waals surface area contributed by atoms with Crippen molar-refractivity contribution in [1.29, 1.82) is 0 Å². The van der Waals surface area contributed by atoms with E-state index in [1.165, 1.54) is 11.3 Å². The summed E-state index contributed by atoms with van der Waals surface area (Å²) < 4.78 is 11.7. The molecule has 2 aliphatic heterocycles. The highest BCUT2D eigenvalue weighted by Gasteiger charge is 2.43. The number of rotatable bonds is 3. The molecule has 2 aliphatic rings. The van der Waals surface area contributed by atoms with Gasteiger partial charge in [0, 0.05) is 30.1 Å². The number of aryl methyl sites for hydroxylation is 1. The third-order valence-corrected chi connectivity index (χ3v) is 6.47. The van der Waals surface area contributed by atoms with Gasteiger partial charge in [-0.2, -0.15) is 0 Å². The van der Waals surface area contributed by atoms with Crippen LogP contribution in [0.25, 0.3) is 0 Å². The van der Waals surface area contributed by atoms with Gasteiger partial charge in [-0.3, -0.25) is 0 Å². The molecule has 0 aromatic carbocycles. The highest BCUT2D eigenvalue weighted by Crippen LogP contribution is 2.45. The normalized spacial score (nSPS) is 18.6. The Kier molecular flexibility index (Phi) is 4.36. The largest absolute Gasteiger partial charge is 0.493 e. The number of piperidine rings is 1. The topological polar surface area (TPSA) is 71.9 Å². The minimum absolute atomic E-state index is 0.370. The number of aromatic carboxylic acids is 1. The van der Waals surface area contributed by atoms with Gasteiger partial charge < -0.3 is 19.5 Å². The quantitative estimate of drug-likeness (QED) is 0.889. The summed E-state index contributed by atoms with van der Waals surface area (Å²) in [6.45, 7) is 4.22. The van der Waals surface area contributed by atoms with Crippen molar-refractivity contribution >= 4 is 23.1 Å². The number of carboxylic acids is 1. The molecule has 0 amide bonds. The molecule has 7 heteroatoms. The zero-order chi connectivity index (χ0) is 18.3. The number of hydrogen-bond donors (Lipinski definition) is 1. The number of ether oxygens (including phenoxy) is 2. The number of fused-ring (bicyclic) bond motifs is 2. The van der Waals surface area contributed by atoms with E-state index >= 15 is 0 Å². The third-order valence-electron chi connectivity index (χ3n) is 5.29. The molecule has 4 rings (SSSR count). The van der Waals surface area contributed by atoms with Crippen LogP contribution in [0.3, 0.4) is 0 Å². The summed E-state index contributed by atoms with van der Waals surface area (Å²) in [5.74, 6) is 0.793. The number of thiophene rings is 1. The van der Waals surface area contributed by atoms with E-state index in [4.69, 9.17) is 9.47 Å². The Bertz CT molecular complexity index is 840. The first-order valence-electron chi connectivity index (χ1n) is 8.79. The molecule has 0 aliphatic carbocycles. The Morgan fingerprint density at radius 1 is 1.38 bits per heavy atom. The number of anilines is 1. The van der Waals surface area contributed by atoms with Crippen molar-refractivity contribution < 1.29 is 19.4 Å². The van der Waals surface area contributed by atoms with Crippen molar-refractivity contribution in [3.8, 4) is 5.75 Å². The first kappa shape index (κ1) is 17.3. The molecule has 4 heterocycles. The Balaban J connectivity index is 1.60. The molecule has 0 bridgehead atoms. The number of nitrogens with zero attached hydrogens (tertiary/aromatic N) is 2. The van der Waals surface area contributed by atoms with Crippen molar-refractivity contribution in [2.45, 2.75) is 31.8 Å². The minimum atomic E-state index is -0.856. The second kappa shape index (κ2) is 6.55. The average Bonchev–Trinajstić information content (AvgIpc) is 3.09. The zero-order valence-electron chi connectivity index (χ0n) is 14.9. The van der Waals surface area contributed by atoms with Crippen molar-refractivity contribution in [2.75, 3.05) is 31.7 Å². The van der Waals surface area contributed by atoms with Crippen LogP contribution in [0.4, 0.5) is 5.82 Å². The second-order valence-corrected chi connectivity index (χ2v) is 7.95. The summed E-state index contributed by atoms with van der Waals surface area (Å²) in [6.07, 6.45) is 2.43. The summed E-state index contributed by atoms with van der Waals surface area (Å²) >= 11 is 1.39. The Hall–Kier alpha value is -2.12. The van der Waals surface area contributed by atoms with Crippen LogP contribution in [0.5, 0.6) is 5.75 Å². The maximum absolute atomic E-state index is 11.4. The average molecular weight is 374 g/mol. The zero-order valence-corrected chi connectivity index (χ0v) is 15.8. The van der Waals surface area contributed by atoms with Gasteiger partial charge in [-0.15, -0.1) is 11.3 Å². The molecule has 2 aromatic heterocycles. The van der Waals surface area contributed by atoms with Crippen LogP contribution in [-0.2, 0) is 16.8 Å². The molecule has 1 spiro atoms. The summed E-state index contributed by atoms with van der Waals surface area (Å²) in [5.41, 5.74) is 1.67. The van der Waals surface area contributed by atoms with Gasteiger partial charge in [0.25, 0.3) is 0 Å². The van der Waals surface area contributed by atoms with Gasteiger partial charge in [-0.05, 0) is 43.5 Å². The van der Waals surface area contributed by atoms with E-state index in [-0.39, 0.29) is 5.60 Å². The van der Waals surface area contributed by atoms with E-state index in [0.29, 0.717) is 11.5 Å². The van der Waals surface area contributed by atoms with Crippen LogP contribution in [0.15, 0.2) is 18.2 Å². The van der Waals surface area contributed by atoms with Crippen LogP contribution >= 0.6 is 11.3 Å². The predicted octanol–water partition coefficient (Wildman–Crippen LogP) is 3.23. The van der Waals surface area contributed by atoms with Gasteiger partial charge in [0.15, 0.2) is 11.6 Å². The standard InChI is InChI=1S/C19H22N2O4S/c1-12-3-4-14(24-2)17(20-12)21-8-6-19(7-9-21)13-11-16(18(22)23)26-15(13)5-10-25-19/h3-4,11H,5-10H2,1-2H3,(H,22,23). The molecule has 0 unspecified atom stereocenters. The van der Waals surface area contributed by atoms with Crippen molar-refractivity contribution in [1.82, 2.24) is 4.98 Å². The predicted molar refractivity (Wildman–Crippen MR) is 99.6 cm³/mol. The van der Waals surface area contributed by atoms with E-state index in [0.717, 1.165) is 60.1 Å². The fraction of sp³-hybridized carbons (Fsp3) is 0.474. The summed E-state index contributed by atoms with van der Waals surface area (Å²) in [6, 6.07) is 5.72. The van der Waals surface area contributed by atoms with Crippen LogP contribution in [-0.4, -0.2) is 42.9 Å². The molecule has 6 nitrogen and oxygen atoms in total. The van der Waals surface area contributed by atoms with Crippen molar-refractivity contribution in [3.63, 3.8) is 0 Å². The Morgan fingerprint density at radius 2 is 2.15 bits per heavy atom. The third kappa shape index (κ3) is 2.85. The summed E-state index contributed by atoms with van der Waals surface area (Å²) in [5, 5.41) is 9.33. The highest BCUT2D eigenvalue weighted by atomic mass is 32.1. The molecule has 26 heavy (non-hydrogen) atoms. The lowest BCUT2D eigenvalue weighted by Gasteiger charge is -2.44. The second-order valence-electron chi connectivity index (χ2n) is 6.81. The highest BCUT2D eigenvalue weighted by molar-refractivity contribution is 7.14. The molecule has 1 fully saturated rings. The molecule has 1 saturated heterocycles. The van der Waals surface area contributed by atoms with Crippen molar-refractivity contribution in [2.24, 2.45) is 0 Å². The van der Waals surface area contributed by atoms with Gasteiger partial charge in [-0.1, -0.05) is 0 Å². The van der Waals surface area contributed by atoms with Gasteiger partial charge in [0.05, 0.1) is 19.3 Å². The Labute approximate surface area is 156 Å². The van der Waals surface area contributed by atoms with E-state index in [1.807, 2.05) is 25.1 Å². The first-order valence-corrected chi connectivity index (χ1v) is 9.61. The maximum Gasteiger partial charge on any atom is 0.345 e. The lowest BCUT2D eigenvalue weighted by molar-refractivity contribution is -0.0757. The molecular weight excluding hydrogens is 352 g/mol. The lowest BCUT2D eigenvalue weighted by Crippen LogP contribution is -2.46. The number of carboxylic acid groups (broad SMARTS) is 1. The fourth-order valence-electron chi connectivity index (χ4n) is 3.93. The van der Waals surface area contributed by atoms with Crippen LogP contribution in [0.2, 0.25) is 0 Å². The summed E-state index contributed by atoms with van der Waals surface area (Å²) in [4.78, 5) is 19.8. The van der Waals surface area contributed by atoms with E-state index < -0.39 is 5.97 Å². The minimum Gasteiger partial charge on any atom is -0.493 e. The van der Waals surface area contributed by atoms with E-state index in [2.05, 4.69) is 9.88 Å². The molecule has 138 valence electrons. The number of hydrogen-bond acceptors (Lipinski definition) is 6. The first-order chi connectivity index (χ1) is 12.5. The number of pyridine rings is 1. The number of methoxy groups -OCH3 is 1. The molecule has 0 saturated carbocycles. The van der Waals surface area contributed by atoms with E-state index in [1.54, 1.807) is 7.11 Å². The maximum atomic E-state index is 11.4. The van der Waals surface area contributed by atoms with Gasteiger partial charge >= 0.3 is 5.97 Å². The fourth-order valence-corrected chi connectivity index (χ4v) is 5.00. The smallest absolute Gasteiger partial charge is 0.345 e.